The van der Waals surface area contributed by atoms with Gasteiger partial charge < -0.3 is 19.4 Å². The van der Waals surface area contributed by atoms with Crippen LogP contribution in [-0.2, 0) is 23.2 Å². The van der Waals surface area contributed by atoms with E-state index in [1.807, 2.05) is 4.72 Å². The van der Waals surface area contributed by atoms with Gasteiger partial charge in [0.15, 0.2) is 17.4 Å². The summed E-state index contributed by atoms with van der Waals surface area (Å²) in [5.74, 6) is -1.59. The minimum atomic E-state index is -3.98. The molecule has 1 fully saturated rings. The van der Waals surface area contributed by atoms with Crippen molar-refractivity contribution in [1.29, 1.82) is 0 Å². The Kier molecular flexibility index (Phi) is 7.99. The highest BCUT2D eigenvalue weighted by Crippen LogP contribution is 2.31. The van der Waals surface area contributed by atoms with E-state index in [0.29, 0.717) is 18.0 Å². The highest BCUT2D eigenvalue weighted by atomic mass is 32.2. The molecule has 1 saturated carbocycles. The van der Waals surface area contributed by atoms with Crippen molar-refractivity contribution in [3.63, 3.8) is 0 Å². The van der Waals surface area contributed by atoms with Crippen molar-refractivity contribution in [1.82, 2.24) is 14.9 Å². The first-order chi connectivity index (χ1) is 18.0. The number of anilines is 1. The molecule has 1 aliphatic rings. The molecule has 0 atom stereocenters. The van der Waals surface area contributed by atoms with Crippen LogP contribution in [0.4, 0.5) is 19.3 Å². The second-order valence-corrected chi connectivity index (χ2v) is 10.8. The zero-order chi connectivity index (χ0) is 27.6. The minimum Gasteiger partial charge on any atom is -0.422 e. The summed E-state index contributed by atoms with van der Waals surface area (Å²) in [5.41, 5.74) is -0.548. The Morgan fingerprint density at radius 2 is 1.92 bits per heavy atom. The zero-order valence-electron chi connectivity index (χ0n) is 21.1. The second kappa shape index (κ2) is 11.1. The van der Waals surface area contributed by atoms with Crippen LogP contribution >= 0.6 is 0 Å². The first-order valence-corrected chi connectivity index (χ1v) is 13.3. The maximum Gasteiger partial charge on any atom is 0.414 e. The molecule has 13 heteroatoms. The van der Waals surface area contributed by atoms with E-state index >= 15 is 4.39 Å². The lowest BCUT2D eigenvalue weighted by Crippen LogP contribution is -2.27. The van der Waals surface area contributed by atoms with Gasteiger partial charge in [0.25, 0.3) is 10.2 Å². The van der Waals surface area contributed by atoms with Gasteiger partial charge >= 0.3 is 11.7 Å². The molecule has 38 heavy (non-hydrogen) atoms. The Balaban J connectivity index is 1.77. The molecule has 0 bridgehead atoms. The van der Waals surface area contributed by atoms with Crippen LogP contribution in [0.1, 0.15) is 29.5 Å². The van der Waals surface area contributed by atoms with Crippen LogP contribution in [0.3, 0.4) is 0 Å². The molecule has 0 aliphatic heterocycles. The first-order valence-electron chi connectivity index (χ1n) is 11.9. The lowest BCUT2D eigenvalue weighted by atomic mass is 9.97. The Morgan fingerprint density at radius 3 is 2.58 bits per heavy atom. The average molecular weight is 551 g/mol. The summed E-state index contributed by atoms with van der Waals surface area (Å²) in [4.78, 5) is 26.2. The smallest absolute Gasteiger partial charge is 0.414 e. The molecule has 2 aromatic carbocycles. The quantitative estimate of drug-likeness (QED) is 0.331. The third-order valence-electron chi connectivity index (χ3n) is 6.13. The molecule has 204 valence electrons. The number of ether oxygens (including phenoxy) is 1. The molecule has 1 amide bonds. The van der Waals surface area contributed by atoms with E-state index in [1.54, 1.807) is 0 Å². The molecule has 3 N–H and O–H groups in total. The van der Waals surface area contributed by atoms with Gasteiger partial charge in [-0.2, -0.15) is 8.42 Å². The van der Waals surface area contributed by atoms with Crippen LogP contribution in [0.5, 0.6) is 5.75 Å². The SMILES string of the molecule is CNS(=O)(=O)Nc1cccc(Cc2c(CNCC3CC3)c3cc(F)c(OC(=O)N(C)C)cc3oc2=O)c1F. The molecule has 4 rings (SSSR count). The summed E-state index contributed by atoms with van der Waals surface area (Å²) >= 11 is 0. The Labute approximate surface area is 218 Å². The number of fused-ring (bicyclic) bond motifs is 1. The number of amides is 1. The van der Waals surface area contributed by atoms with E-state index in [1.165, 1.54) is 39.3 Å². The van der Waals surface area contributed by atoms with Crippen LogP contribution < -0.4 is 25.1 Å². The Morgan fingerprint density at radius 1 is 1.18 bits per heavy atom. The van der Waals surface area contributed by atoms with Gasteiger partial charge in [0.05, 0.1) is 5.69 Å². The van der Waals surface area contributed by atoms with Crippen LogP contribution in [-0.4, -0.2) is 47.1 Å². The minimum absolute atomic E-state index is 0.000862. The van der Waals surface area contributed by atoms with Gasteiger partial charge in [-0.15, -0.1) is 0 Å². The van der Waals surface area contributed by atoms with Crippen molar-refractivity contribution < 1.29 is 31.1 Å². The summed E-state index contributed by atoms with van der Waals surface area (Å²) in [6, 6.07) is 6.37. The predicted octanol–water partition coefficient (Wildman–Crippen LogP) is 3.10. The molecule has 1 heterocycles. The molecule has 0 spiro atoms. The van der Waals surface area contributed by atoms with Gasteiger partial charge in [-0.3, -0.25) is 4.72 Å². The number of nitrogens with one attached hydrogen (secondary N) is 3. The van der Waals surface area contributed by atoms with Crippen molar-refractivity contribution >= 4 is 33.0 Å². The summed E-state index contributed by atoms with van der Waals surface area (Å²) in [6.45, 7) is 0.871. The topological polar surface area (TPSA) is 130 Å². The molecule has 0 saturated heterocycles. The number of rotatable bonds is 10. The van der Waals surface area contributed by atoms with Crippen molar-refractivity contribution in [2.24, 2.45) is 5.92 Å². The Bertz CT molecular complexity index is 1540. The monoisotopic (exact) mass is 550 g/mol. The van der Waals surface area contributed by atoms with Crippen LogP contribution in [0.2, 0.25) is 0 Å². The molecular formula is C25H28F2N4O6S. The average Bonchev–Trinajstić information content (AvgIpc) is 3.68. The zero-order valence-corrected chi connectivity index (χ0v) is 21.9. The molecule has 0 unspecified atom stereocenters. The van der Waals surface area contributed by atoms with Crippen LogP contribution in [0.15, 0.2) is 39.5 Å². The maximum atomic E-state index is 15.3. The predicted molar refractivity (Wildman–Crippen MR) is 137 cm³/mol. The van der Waals surface area contributed by atoms with E-state index in [-0.39, 0.29) is 40.7 Å². The van der Waals surface area contributed by atoms with E-state index < -0.39 is 39.3 Å². The fraction of sp³-hybridized carbons (Fsp3) is 0.360. The molecule has 10 nitrogen and oxygen atoms in total. The highest BCUT2D eigenvalue weighted by Gasteiger charge is 2.24. The fourth-order valence-electron chi connectivity index (χ4n) is 3.85. The van der Waals surface area contributed by atoms with Gasteiger partial charge in [-0.05, 0) is 48.6 Å². The molecule has 0 radical (unpaired) electrons. The lowest BCUT2D eigenvalue weighted by molar-refractivity contribution is 0.170. The molecule has 3 aromatic rings. The lowest BCUT2D eigenvalue weighted by Gasteiger charge is -2.16. The number of carbonyl (C=O) groups excluding carboxylic acids is 1. The standard InChI is InChI=1S/C25H28F2N4O6S/c1-28-38(34,35)30-20-6-4-5-15(23(20)27)9-17-18(13-29-12-14-7-8-14)16-10-19(26)22(37-25(33)31(2)3)11-21(16)36-24(17)32/h4-6,10-11,14,28-30H,7-9,12-13H2,1-3H3. The van der Waals surface area contributed by atoms with E-state index in [0.717, 1.165) is 29.9 Å². The number of nitrogens with zero attached hydrogens (tertiary/aromatic N) is 1. The van der Waals surface area contributed by atoms with Gasteiger partial charge in [-0.25, -0.2) is 23.1 Å². The van der Waals surface area contributed by atoms with E-state index in [9.17, 15) is 22.4 Å². The normalized spacial score (nSPS) is 13.5. The number of benzene rings is 2. The van der Waals surface area contributed by atoms with Gasteiger partial charge in [0.1, 0.15) is 5.58 Å². The third-order valence-corrected chi connectivity index (χ3v) is 7.15. The summed E-state index contributed by atoms with van der Waals surface area (Å²) in [7, 11) is 0.0793. The fourth-order valence-corrected chi connectivity index (χ4v) is 4.40. The summed E-state index contributed by atoms with van der Waals surface area (Å²) in [6.07, 6.45) is 1.14. The first kappa shape index (κ1) is 27.5. The molecular weight excluding hydrogens is 522 g/mol. The van der Waals surface area contributed by atoms with Crippen LogP contribution in [0, 0.1) is 17.6 Å². The second-order valence-electron chi connectivity index (χ2n) is 9.23. The van der Waals surface area contributed by atoms with Crippen molar-refractivity contribution in [3.05, 3.63) is 69.1 Å². The van der Waals surface area contributed by atoms with Gasteiger partial charge in [0, 0.05) is 51.1 Å². The number of halogens is 2. The van der Waals surface area contributed by atoms with Crippen molar-refractivity contribution in [2.75, 3.05) is 32.4 Å². The largest absolute Gasteiger partial charge is 0.422 e. The van der Waals surface area contributed by atoms with E-state index in [2.05, 4.69) is 10.0 Å². The number of carbonyl (C=O) groups is 1. The van der Waals surface area contributed by atoms with E-state index in [4.69, 9.17) is 9.15 Å². The molecule has 1 aliphatic carbocycles. The maximum absolute atomic E-state index is 15.3. The summed E-state index contributed by atoms with van der Waals surface area (Å²) < 4.78 is 68.6. The van der Waals surface area contributed by atoms with Crippen molar-refractivity contribution in [3.8, 4) is 5.75 Å². The number of hydrogen-bond acceptors (Lipinski definition) is 7. The highest BCUT2D eigenvalue weighted by molar-refractivity contribution is 7.90. The third kappa shape index (κ3) is 6.29. The van der Waals surface area contributed by atoms with Gasteiger partial charge in [0.2, 0.25) is 0 Å². The van der Waals surface area contributed by atoms with Gasteiger partial charge in [-0.1, -0.05) is 12.1 Å². The Hall–Kier alpha value is -3.55. The summed E-state index contributed by atoms with van der Waals surface area (Å²) in [5, 5.41) is 3.53. The van der Waals surface area contributed by atoms with Crippen LogP contribution in [0.25, 0.3) is 11.0 Å². The van der Waals surface area contributed by atoms with Crippen molar-refractivity contribution in [2.45, 2.75) is 25.8 Å². The molecule has 1 aromatic heterocycles. The number of hydrogen-bond donors (Lipinski definition) is 3.